The largest absolute Gasteiger partial charge is 0.382 e. The Morgan fingerprint density at radius 1 is 1.43 bits per heavy atom. The predicted molar refractivity (Wildman–Crippen MR) is 98.5 cm³/mol. The number of fused-ring (bicyclic) bond motifs is 1. The van der Waals surface area contributed by atoms with Crippen LogP contribution in [0.15, 0.2) is 23.7 Å². The molecule has 1 aliphatic carbocycles. The Kier molecular flexibility index (Phi) is 4.31. The number of hydrogen-bond donors (Lipinski definition) is 3. The maximum atomic E-state index is 14.8. The normalized spacial score (nSPS) is 14.0. The summed E-state index contributed by atoms with van der Waals surface area (Å²) in [6.07, 6.45) is 6.78. The lowest BCUT2D eigenvalue weighted by atomic mass is 10.1. The van der Waals surface area contributed by atoms with E-state index in [0.717, 1.165) is 18.5 Å². The van der Waals surface area contributed by atoms with Crippen LogP contribution >= 0.6 is 0 Å². The summed E-state index contributed by atoms with van der Waals surface area (Å²) in [5, 5.41) is 3.69. The van der Waals surface area contributed by atoms with Crippen molar-refractivity contribution in [3.05, 3.63) is 58.3 Å². The highest BCUT2D eigenvalue weighted by Gasteiger charge is 2.27. The Balaban J connectivity index is 1.76. The lowest BCUT2D eigenvalue weighted by Crippen LogP contribution is -2.19. The highest BCUT2D eigenvalue weighted by molar-refractivity contribution is 6.01. The number of halogens is 2. The van der Waals surface area contributed by atoms with Crippen LogP contribution in [0.5, 0.6) is 0 Å². The van der Waals surface area contributed by atoms with Crippen molar-refractivity contribution >= 4 is 17.9 Å². The van der Waals surface area contributed by atoms with Crippen LogP contribution in [0.1, 0.15) is 46.8 Å². The minimum Gasteiger partial charge on any atom is -0.382 e. The topological polar surface area (TPSA) is 101 Å². The molecule has 0 bridgehead atoms. The number of hydrazone groups is 1. The van der Waals surface area contributed by atoms with E-state index in [1.165, 1.54) is 10.6 Å². The fourth-order valence-electron chi connectivity index (χ4n) is 3.00. The second-order valence-electron chi connectivity index (χ2n) is 6.53. The zero-order valence-electron chi connectivity index (χ0n) is 14.9. The second-order valence-corrected chi connectivity index (χ2v) is 6.53. The first-order chi connectivity index (χ1) is 13.5. The van der Waals surface area contributed by atoms with Crippen molar-refractivity contribution in [1.29, 1.82) is 0 Å². The first-order valence-corrected chi connectivity index (χ1v) is 8.59. The molecule has 0 aliphatic heterocycles. The van der Waals surface area contributed by atoms with Crippen LogP contribution in [-0.2, 0) is 4.79 Å². The quantitative estimate of drug-likeness (QED) is 0.211. The summed E-state index contributed by atoms with van der Waals surface area (Å²) in [5.74, 6) is 4.01. The van der Waals surface area contributed by atoms with E-state index in [1.807, 2.05) is 0 Å². The monoisotopic (exact) mass is 382 g/mol. The van der Waals surface area contributed by atoms with Gasteiger partial charge in [-0.1, -0.05) is 11.8 Å². The van der Waals surface area contributed by atoms with E-state index in [1.54, 1.807) is 19.3 Å². The number of aromatic amines is 1. The summed E-state index contributed by atoms with van der Waals surface area (Å²) >= 11 is 0. The van der Waals surface area contributed by atoms with Crippen molar-refractivity contribution in [1.82, 2.24) is 19.8 Å². The maximum Gasteiger partial charge on any atom is 0.227 e. The summed E-state index contributed by atoms with van der Waals surface area (Å²) in [7, 11) is 0. The molecule has 0 saturated heterocycles. The summed E-state index contributed by atoms with van der Waals surface area (Å²) in [6, 6.07) is 0. The fourth-order valence-corrected chi connectivity index (χ4v) is 3.00. The SMILES string of the molecule is Cc1[nH]cc(C#Cc2c(F)cn3cc(C4CC4)nc3c2F)c1/C(N)=N\NC=O. The van der Waals surface area contributed by atoms with Crippen LogP contribution in [0, 0.1) is 30.4 Å². The number of nitrogens with two attached hydrogens (primary N) is 1. The Bertz CT molecular complexity index is 1180. The van der Waals surface area contributed by atoms with E-state index in [0.29, 0.717) is 29.1 Å². The summed E-state index contributed by atoms with van der Waals surface area (Å²) < 4.78 is 30.6. The molecule has 0 unspecified atom stereocenters. The van der Waals surface area contributed by atoms with Crippen molar-refractivity contribution < 1.29 is 13.6 Å². The lowest BCUT2D eigenvalue weighted by molar-refractivity contribution is -0.109. The van der Waals surface area contributed by atoms with Crippen molar-refractivity contribution in [3.63, 3.8) is 0 Å². The Labute approximate surface area is 158 Å². The van der Waals surface area contributed by atoms with Gasteiger partial charge in [-0.3, -0.25) is 4.79 Å². The van der Waals surface area contributed by atoms with E-state index in [-0.39, 0.29) is 17.0 Å². The molecule has 3 aromatic heterocycles. The Morgan fingerprint density at radius 2 is 2.21 bits per heavy atom. The van der Waals surface area contributed by atoms with E-state index < -0.39 is 11.6 Å². The minimum atomic E-state index is -0.808. The number of carbonyl (C=O) groups excluding carboxylic acids is 1. The third-order valence-corrected chi connectivity index (χ3v) is 4.55. The standard InChI is InChI=1S/C19H16F2N6O/c1-10-16(18(22)26-24-9-28)12(6-23-10)4-5-13-14(20)7-27-8-15(11-2-3-11)25-19(27)17(13)21/h6-9,11,23H,2-3H2,1H3,(H2,22,26)(H,24,28). The smallest absolute Gasteiger partial charge is 0.227 e. The molecule has 1 aliphatic rings. The summed E-state index contributed by atoms with van der Waals surface area (Å²) in [4.78, 5) is 17.6. The number of carbonyl (C=O) groups is 1. The highest BCUT2D eigenvalue weighted by atomic mass is 19.1. The molecular formula is C19H16F2N6O. The molecule has 1 saturated carbocycles. The number of imidazole rings is 1. The van der Waals surface area contributed by atoms with Gasteiger partial charge < -0.3 is 15.1 Å². The average Bonchev–Trinajstić information content (AvgIpc) is 3.33. The van der Waals surface area contributed by atoms with E-state index >= 15 is 0 Å². The molecule has 142 valence electrons. The van der Waals surface area contributed by atoms with Gasteiger partial charge in [0.15, 0.2) is 23.1 Å². The molecule has 0 aromatic carbocycles. The number of aryl methyl sites for hydroxylation is 1. The fraction of sp³-hybridized carbons (Fsp3) is 0.211. The number of nitrogens with one attached hydrogen (secondary N) is 2. The second kappa shape index (κ2) is 6.81. The van der Waals surface area contributed by atoms with Gasteiger partial charge in [0.05, 0.1) is 16.8 Å². The number of H-pyrrole nitrogens is 1. The molecule has 7 nitrogen and oxygen atoms in total. The summed E-state index contributed by atoms with van der Waals surface area (Å²) in [5.41, 5.74) is 9.89. The third-order valence-electron chi connectivity index (χ3n) is 4.55. The predicted octanol–water partition coefficient (Wildman–Crippen LogP) is 1.89. The number of rotatable bonds is 4. The molecule has 3 heterocycles. The van der Waals surface area contributed by atoms with Crippen LogP contribution < -0.4 is 11.2 Å². The maximum absolute atomic E-state index is 14.8. The number of nitrogens with zero attached hydrogens (tertiary/aromatic N) is 3. The number of amides is 1. The number of hydrogen-bond acceptors (Lipinski definition) is 3. The number of pyridine rings is 1. The summed E-state index contributed by atoms with van der Waals surface area (Å²) in [6.45, 7) is 1.74. The van der Waals surface area contributed by atoms with Gasteiger partial charge in [-0.25, -0.2) is 19.2 Å². The number of aromatic nitrogens is 3. The van der Waals surface area contributed by atoms with Gasteiger partial charge in [-0.15, -0.1) is 0 Å². The van der Waals surface area contributed by atoms with Crippen LogP contribution in [0.25, 0.3) is 5.65 Å². The van der Waals surface area contributed by atoms with Crippen molar-refractivity contribution in [2.24, 2.45) is 10.8 Å². The van der Waals surface area contributed by atoms with Crippen LogP contribution in [0.4, 0.5) is 8.78 Å². The molecule has 0 atom stereocenters. The molecule has 1 fully saturated rings. The molecule has 4 N–H and O–H groups in total. The van der Waals surface area contributed by atoms with E-state index in [2.05, 4.69) is 32.3 Å². The van der Waals surface area contributed by atoms with Gasteiger partial charge >= 0.3 is 0 Å². The van der Waals surface area contributed by atoms with Crippen molar-refractivity contribution in [2.45, 2.75) is 25.7 Å². The molecule has 9 heteroatoms. The van der Waals surface area contributed by atoms with Gasteiger partial charge in [0.1, 0.15) is 5.56 Å². The molecular weight excluding hydrogens is 366 g/mol. The zero-order valence-corrected chi connectivity index (χ0v) is 14.9. The van der Waals surface area contributed by atoms with Crippen molar-refractivity contribution in [3.8, 4) is 11.8 Å². The van der Waals surface area contributed by atoms with E-state index in [4.69, 9.17) is 5.73 Å². The lowest BCUT2D eigenvalue weighted by Gasteiger charge is -2.01. The van der Waals surface area contributed by atoms with Gasteiger partial charge in [0.2, 0.25) is 6.41 Å². The van der Waals surface area contributed by atoms with Gasteiger partial charge in [0, 0.05) is 30.2 Å². The Morgan fingerprint density at radius 3 is 2.93 bits per heavy atom. The van der Waals surface area contributed by atoms with Crippen LogP contribution in [0.3, 0.4) is 0 Å². The molecule has 0 spiro atoms. The molecule has 0 radical (unpaired) electrons. The minimum absolute atomic E-state index is 0.0221. The van der Waals surface area contributed by atoms with Crippen LogP contribution in [-0.4, -0.2) is 26.6 Å². The first-order valence-electron chi connectivity index (χ1n) is 8.59. The molecule has 3 aromatic rings. The first kappa shape index (κ1) is 17.7. The zero-order chi connectivity index (χ0) is 19.8. The van der Waals surface area contributed by atoms with Crippen molar-refractivity contribution in [2.75, 3.05) is 0 Å². The highest BCUT2D eigenvalue weighted by Crippen LogP contribution is 2.39. The van der Waals surface area contributed by atoms with Crippen LogP contribution in [0.2, 0.25) is 0 Å². The van der Waals surface area contributed by atoms with Gasteiger partial charge in [0.25, 0.3) is 0 Å². The molecule has 28 heavy (non-hydrogen) atoms. The van der Waals surface area contributed by atoms with E-state index in [9.17, 15) is 13.6 Å². The van der Waals surface area contributed by atoms with Gasteiger partial charge in [-0.2, -0.15) is 5.10 Å². The molecule has 1 amide bonds. The third kappa shape index (κ3) is 3.09. The number of amidine groups is 1. The van der Waals surface area contributed by atoms with Gasteiger partial charge in [-0.05, 0) is 19.8 Å². The Hall–Kier alpha value is -3.67. The molecule has 4 rings (SSSR count). The average molecular weight is 382 g/mol.